The van der Waals surface area contributed by atoms with E-state index in [9.17, 15) is 0 Å². The van der Waals surface area contributed by atoms with Gasteiger partial charge in [-0.15, -0.1) is 0 Å². The fraction of sp³-hybridized carbons (Fsp3) is 0.267. The van der Waals surface area contributed by atoms with E-state index in [0.29, 0.717) is 0 Å². The van der Waals surface area contributed by atoms with Crippen LogP contribution in [0.5, 0.6) is 0 Å². The second kappa shape index (κ2) is 5.65. The van der Waals surface area contributed by atoms with E-state index < -0.39 is 0 Å². The van der Waals surface area contributed by atoms with Crippen LogP contribution < -0.4 is 10.2 Å². The number of nitrogens with zero attached hydrogens (tertiary/aromatic N) is 2. The van der Waals surface area contributed by atoms with Crippen molar-refractivity contribution in [2.75, 3.05) is 19.0 Å². The van der Waals surface area contributed by atoms with E-state index in [1.807, 2.05) is 32.3 Å². The van der Waals surface area contributed by atoms with Crippen molar-refractivity contribution < 1.29 is 0 Å². The molecule has 0 fully saturated rings. The second-order valence-electron chi connectivity index (χ2n) is 4.41. The van der Waals surface area contributed by atoms with Crippen LogP contribution in [0.3, 0.4) is 0 Å². The summed E-state index contributed by atoms with van der Waals surface area (Å²) in [4.78, 5) is 6.72. The zero-order chi connectivity index (χ0) is 13.0. The molecular formula is C15H19N3. The predicted molar refractivity (Wildman–Crippen MR) is 76.2 cm³/mol. The Balaban J connectivity index is 2.24. The van der Waals surface area contributed by atoms with Gasteiger partial charge in [-0.1, -0.05) is 23.8 Å². The van der Waals surface area contributed by atoms with E-state index in [0.717, 1.165) is 23.7 Å². The third kappa shape index (κ3) is 2.87. The molecule has 94 valence electrons. The fourth-order valence-corrected chi connectivity index (χ4v) is 1.83. The van der Waals surface area contributed by atoms with Gasteiger partial charge in [0.05, 0.1) is 5.69 Å². The zero-order valence-corrected chi connectivity index (χ0v) is 11.1. The van der Waals surface area contributed by atoms with E-state index in [1.54, 1.807) is 0 Å². The van der Waals surface area contributed by atoms with Gasteiger partial charge in [-0.2, -0.15) is 0 Å². The van der Waals surface area contributed by atoms with Gasteiger partial charge >= 0.3 is 0 Å². The molecule has 18 heavy (non-hydrogen) atoms. The molecule has 0 radical (unpaired) electrons. The quantitative estimate of drug-likeness (QED) is 0.892. The Morgan fingerprint density at radius 1 is 1.11 bits per heavy atom. The minimum atomic E-state index is 0.787. The first kappa shape index (κ1) is 12.6. The molecule has 0 bridgehead atoms. The fourth-order valence-electron chi connectivity index (χ4n) is 1.83. The van der Waals surface area contributed by atoms with Crippen molar-refractivity contribution in [2.24, 2.45) is 0 Å². The van der Waals surface area contributed by atoms with Crippen molar-refractivity contribution >= 4 is 11.5 Å². The molecular weight excluding hydrogens is 222 g/mol. The number of hydrogen-bond donors (Lipinski definition) is 1. The Morgan fingerprint density at radius 2 is 1.83 bits per heavy atom. The standard InChI is InChI=1S/C15H19N3/c1-12-7-9-14(10-8-12)18(3)15-6-4-5-13(17-15)11-16-2/h4-10,16H,11H2,1-3H3. The van der Waals surface area contributed by atoms with Crippen LogP contribution in [0, 0.1) is 6.92 Å². The minimum Gasteiger partial charge on any atom is -0.329 e. The van der Waals surface area contributed by atoms with Crippen molar-refractivity contribution in [1.29, 1.82) is 0 Å². The summed E-state index contributed by atoms with van der Waals surface area (Å²) in [6.45, 7) is 2.88. The number of nitrogens with one attached hydrogen (secondary N) is 1. The summed E-state index contributed by atoms with van der Waals surface area (Å²) >= 11 is 0. The van der Waals surface area contributed by atoms with Gasteiger partial charge in [-0.25, -0.2) is 4.98 Å². The molecule has 0 unspecified atom stereocenters. The number of pyridine rings is 1. The van der Waals surface area contributed by atoms with Gasteiger partial charge < -0.3 is 10.2 Å². The Hall–Kier alpha value is -1.87. The lowest BCUT2D eigenvalue weighted by Crippen LogP contribution is -2.13. The van der Waals surface area contributed by atoms with Gasteiger partial charge in [0.15, 0.2) is 0 Å². The molecule has 0 aliphatic rings. The molecule has 0 saturated heterocycles. The molecule has 1 N–H and O–H groups in total. The van der Waals surface area contributed by atoms with Crippen molar-refractivity contribution in [2.45, 2.75) is 13.5 Å². The number of rotatable bonds is 4. The van der Waals surface area contributed by atoms with E-state index >= 15 is 0 Å². The average Bonchev–Trinajstić information content (AvgIpc) is 2.39. The third-order valence-corrected chi connectivity index (χ3v) is 2.91. The first-order chi connectivity index (χ1) is 8.70. The molecule has 3 nitrogen and oxygen atoms in total. The molecule has 2 rings (SSSR count). The predicted octanol–water partition coefficient (Wildman–Crippen LogP) is 2.88. The third-order valence-electron chi connectivity index (χ3n) is 2.91. The largest absolute Gasteiger partial charge is 0.329 e. The molecule has 0 aliphatic heterocycles. The smallest absolute Gasteiger partial charge is 0.133 e. The number of benzene rings is 1. The highest BCUT2D eigenvalue weighted by atomic mass is 15.2. The van der Waals surface area contributed by atoms with Gasteiger partial charge in [0.25, 0.3) is 0 Å². The average molecular weight is 241 g/mol. The molecule has 0 saturated carbocycles. The van der Waals surface area contributed by atoms with Crippen molar-refractivity contribution in [1.82, 2.24) is 10.3 Å². The number of aromatic nitrogens is 1. The summed E-state index contributed by atoms with van der Waals surface area (Å²) < 4.78 is 0. The number of aryl methyl sites for hydroxylation is 1. The van der Waals surface area contributed by atoms with Crippen LogP contribution >= 0.6 is 0 Å². The molecule has 1 heterocycles. The highest BCUT2D eigenvalue weighted by Crippen LogP contribution is 2.21. The number of anilines is 2. The van der Waals surface area contributed by atoms with Crippen LogP contribution in [0.2, 0.25) is 0 Å². The first-order valence-corrected chi connectivity index (χ1v) is 6.11. The summed E-state index contributed by atoms with van der Waals surface area (Å²) in [5.74, 6) is 0.964. The van der Waals surface area contributed by atoms with Crippen molar-refractivity contribution in [3.8, 4) is 0 Å². The van der Waals surface area contributed by atoms with Crippen molar-refractivity contribution in [3.05, 3.63) is 53.7 Å². The maximum absolute atomic E-state index is 4.62. The summed E-state index contributed by atoms with van der Waals surface area (Å²) in [7, 11) is 3.97. The lowest BCUT2D eigenvalue weighted by atomic mass is 10.2. The van der Waals surface area contributed by atoms with E-state index in [4.69, 9.17) is 0 Å². The zero-order valence-electron chi connectivity index (χ0n) is 11.1. The van der Waals surface area contributed by atoms with Crippen LogP contribution in [-0.2, 0) is 6.54 Å². The number of hydrogen-bond acceptors (Lipinski definition) is 3. The van der Waals surface area contributed by atoms with E-state index in [2.05, 4.69) is 46.4 Å². The topological polar surface area (TPSA) is 28.2 Å². The Morgan fingerprint density at radius 3 is 2.50 bits per heavy atom. The summed E-state index contributed by atoms with van der Waals surface area (Å²) in [5, 5.41) is 3.12. The molecule has 2 aromatic rings. The van der Waals surface area contributed by atoms with Gasteiger partial charge in [0, 0.05) is 19.3 Å². The summed E-state index contributed by atoms with van der Waals surface area (Å²) in [5.41, 5.74) is 3.47. The molecule has 0 atom stereocenters. The minimum absolute atomic E-state index is 0.787. The van der Waals surface area contributed by atoms with Gasteiger partial charge in [0.2, 0.25) is 0 Å². The Bertz CT molecular complexity index is 505. The van der Waals surface area contributed by atoms with Crippen LogP contribution in [0.4, 0.5) is 11.5 Å². The maximum Gasteiger partial charge on any atom is 0.133 e. The lowest BCUT2D eigenvalue weighted by molar-refractivity contribution is 0.790. The van der Waals surface area contributed by atoms with Crippen LogP contribution in [-0.4, -0.2) is 19.1 Å². The van der Waals surface area contributed by atoms with Crippen LogP contribution in [0.25, 0.3) is 0 Å². The summed E-state index contributed by atoms with van der Waals surface area (Å²) in [6, 6.07) is 14.6. The highest BCUT2D eigenvalue weighted by molar-refractivity contribution is 5.59. The van der Waals surface area contributed by atoms with E-state index in [-0.39, 0.29) is 0 Å². The molecule has 0 spiro atoms. The molecule has 3 heteroatoms. The van der Waals surface area contributed by atoms with Gasteiger partial charge in [0.1, 0.15) is 5.82 Å². The second-order valence-corrected chi connectivity index (χ2v) is 4.41. The molecule has 1 aromatic heterocycles. The normalized spacial score (nSPS) is 10.4. The van der Waals surface area contributed by atoms with Crippen LogP contribution in [0.1, 0.15) is 11.3 Å². The maximum atomic E-state index is 4.62. The molecule has 0 aliphatic carbocycles. The lowest BCUT2D eigenvalue weighted by Gasteiger charge is -2.19. The van der Waals surface area contributed by atoms with Gasteiger partial charge in [-0.05, 0) is 38.2 Å². The molecule has 1 aromatic carbocycles. The Labute approximate surface area is 108 Å². The molecule has 0 amide bonds. The van der Waals surface area contributed by atoms with E-state index in [1.165, 1.54) is 5.56 Å². The van der Waals surface area contributed by atoms with Gasteiger partial charge in [-0.3, -0.25) is 0 Å². The highest BCUT2D eigenvalue weighted by Gasteiger charge is 2.05. The summed E-state index contributed by atoms with van der Waals surface area (Å²) in [6.07, 6.45) is 0. The van der Waals surface area contributed by atoms with Crippen molar-refractivity contribution in [3.63, 3.8) is 0 Å². The monoisotopic (exact) mass is 241 g/mol. The first-order valence-electron chi connectivity index (χ1n) is 6.11. The van der Waals surface area contributed by atoms with Crippen LogP contribution in [0.15, 0.2) is 42.5 Å². The SMILES string of the molecule is CNCc1cccc(N(C)c2ccc(C)cc2)n1. The Kier molecular flexibility index (Phi) is 3.95.